The van der Waals surface area contributed by atoms with Crippen LogP contribution in [0.4, 0.5) is 5.69 Å². The fourth-order valence-corrected chi connectivity index (χ4v) is 2.38. The second-order valence-corrected chi connectivity index (χ2v) is 5.31. The summed E-state index contributed by atoms with van der Waals surface area (Å²) in [5, 5.41) is 6.30. The molecule has 0 aliphatic carbocycles. The van der Waals surface area contributed by atoms with Crippen LogP contribution in [-0.4, -0.2) is 19.6 Å². The molecule has 6 nitrogen and oxygen atoms in total. The van der Waals surface area contributed by atoms with Gasteiger partial charge in [0.2, 0.25) is 0 Å². The number of rotatable bonds is 5. The third kappa shape index (κ3) is 2.86. The molecule has 6 heteroatoms. The van der Waals surface area contributed by atoms with Gasteiger partial charge in [-0.25, -0.2) is 4.98 Å². The number of nitrogens with one attached hydrogen (secondary N) is 2. The SMILES string of the molecule is CCCc1cc(=O)n2[nH]c(CNc3ccccc3C)nc2n1. The Morgan fingerprint density at radius 2 is 2.09 bits per heavy atom. The number of nitrogens with zero attached hydrogens (tertiary/aromatic N) is 3. The number of aryl methyl sites for hydroxylation is 2. The lowest BCUT2D eigenvalue weighted by Crippen LogP contribution is -2.16. The molecule has 0 atom stereocenters. The molecule has 1 aromatic carbocycles. The van der Waals surface area contributed by atoms with Gasteiger partial charge in [0, 0.05) is 11.8 Å². The van der Waals surface area contributed by atoms with E-state index in [4.69, 9.17) is 0 Å². The highest BCUT2D eigenvalue weighted by Gasteiger charge is 2.08. The van der Waals surface area contributed by atoms with Crippen LogP contribution in [0, 0.1) is 6.92 Å². The molecular weight excluding hydrogens is 278 g/mol. The first-order valence-corrected chi connectivity index (χ1v) is 7.44. The van der Waals surface area contributed by atoms with Crippen LogP contribution < -0.4 is 10.9 Å². The Labute approximate surface area is 128 Å². The molecule has 0 aliphatic heterocycles. The van der Waals surface area contributed by atoms with Crippen LogP contribution in [0.5, 0.6) is 0 Å². The highest BCUT2D eigenvalue weighted by molar-refractivity contribution is 5.50. The molecule has 0 amide bonds. The molecular formula is C16H19N5O. The van der Waals surface area contributed by atoms with Gasteiger partial charge in [-0.05, 0) is 25.0 Å². The topological polar surface area (TPSA) is 75.1 Å². The third-order valence-corrected chi connectivity index (χ3v) is 3.53. The summed E-state index contributed by atoms with van der Waals surface area (Å²) < 4.78 is 1.38. The smallest absolute Gasteiger partial charge is 0.274 e. The van der Waals surface area contributed by atoms with E-state index in [0.717, 1.165) is 24.2 Å². The summed E-state index contributed by atoms with van der Waals surface area (Å²) in [6, 6.07) is 9.61. The number of aromatic nitrogens is 4. The van der Waals surface area contributed by atoms with Crippen molar-refractivity contribution in [2.75, 3.05) is 5.32 Å². The fourth-order valence-electron chi connectivity index (χ4n) is 2.38. The highest BCUT2D eigenvalue weighted by Crippen LogP contribution is 2.13. The van der Waals surface area contributed by atoms with Gasteiger partial charge in [-0.15, -0.1) is 0 Å². The number of fused-ring (bicyclic) bond motifs is 1. The number of benzene rings is 1. The summed E-state index contributed by atoms with van der Waals surface area (Å²) in [6.07, 6.45) is 1.74. The largest absolute Gasteiger partial charge is 0.378 e. The monoisotopic (exact) mass is 297 g/mol. The van der Waals surface area contributed by atoms with Gasteiger partial charge >= 0.3 is 0 Å². The van der Waals surface area contributed by atoms with E-state index < -0.39 is 0 Å². The Bertz CT molecular complexity index is 849. The minimum atomic E-state index is -0.122. The number of H-pyrrole nitrogens is 1. The van der Waals surface area contributed by atoms with Gasteiger partial charge in [0.25, 0.3) is 11.3 Å². The number of aromatic amines is 1. The van der Waals surface area contributed by atoms with Crippen molar-refractivity contribution < 1.29 is 0 Å². The van der Waals surface area contributed by atoms with Gasteiger partial charge in [0.1, 0.15) is 5.82 Å². The molecule has 0 radical (unpaired) electrons. The Morgan fingerprint density at radius 1 is 1.27 bits per heavy atom. The summed E-state index contributed by atoms with van der Waals surface area (Å²) in [5.41, 5.74) is 2.88. The highest BCUT2D eigenvalue weighted by atomic mass is 16.1. The predicted molar refractivity (Wildman–Crippen MR) is 86.1 cm³/mol. The van der Waals surface area contributed by atoms with E-state index in [2.05, 4.69) is 27.3 Å². The number of hydrogen-bond donors (Lipinski definition) is 2. The predicted octanol–water partition coefficient (Wildman–Crippen LogP) is 2.29. The molecule has 0 aliphatic rings. The number of para-hydroxylation sites is 1. The molecule has 0 saturated heterocycles. The fraction of sp³-hybridized carbons (Fsp3) is 0.312. The standard InChI is InChI=1S/C16H19N5O/c1-3-6-12-9-15(22)21-16(18-12)19-14(20-21)10-17-13-8-5-4-7-11(13)2/h4-5,7-9,17H,3,6,10H2,1-2H3,(H,18,19,20). The summed E-state index contributed by atoms with van der Waals surface area (Å²) in [7, 11) is 0. The zero-order valence-corrected chi connectivity index (χ0v) is 12.8. The van der Waals surface area contributed by atoms with Crippen molar-refractivity contribution in [3.05, 3.63) is 57.8 Å². The number of hydrogen-bond acceptors (Lipinski definition) is 4. The molecule has 3 aromatic rings. The molecule has 114 valence electrons. The van der Waals surface area contributed by atoms with E-state index in [-0.39, 0.29) is 5.56 Å². The molecule has 2 N–H and O–H groups in total. The average molecular weight is 297 g/mol. The molecule has 2 aromatic heterocycles. The molecule has 0 bridgehead atoms. The first-order chi connectivity index (χ1) is 10.7. The average Bonchev–Trinajstić information content (AvgIpc) is 2.90. The zero-order valence-electron chi connectivity index (χ0n) is 12.8. The second kappa shape index (κ2) is 6.01. The van der Waals surface area contributed by atoms with Crippen molar-refractivity contribution in [3.8, 4) is 0 Å². The van der Waals surface area contributed by atoms with Crippen LogP contribution in [0.3, 0.4) is 0 Å². The lowest BCUT2D eigenvalue weighted by Gasteiger charge is -2.06. The molecule has 2 heterocycles. The van der Waals surface area contributed by atoms with Crippen LogP contribution in [0.25, 0.3) is 5.78 Å². The van der Waals surface area contributed by atoms with E-state index in [1.807, 2.05) is 31.2 Å². The van der Waals surface area contributed by atoms with Gasteiger partial charge in [-0.3, -0.25) is 9.89 Å². The second-order valence-electron chi connectivity index (χ2n) is 5.31. The van der Waals surface area contributed by atoms with Crippen molar-refractivity contribution in [2.45, 2.75) is 33.2 Å². The van der Waals surface area contributed by atoms with Crippen molar-refractivity contribution in [2.24, 2.45) is 0 Å². The lowest BCUT2D eigenvalue weighted by atomic mass is 10.2. The first-order valence-electron chi connectivity index (χ1n) is 7.44. The Hall–Kier alpha value is -2.63. The van der Waals surface area contributed by atoms with E-state index in [0.29, 0.717) is 18.1 Å². The lowest BCUT2D eigenvalue weighted by molar-refractivity contribution is 0.825. The third-order valence-electron chi connectivity index (χ3n) is 3.53. The number of anilines is 1. The van der Waals surface area contributed by atoms with Crippen LogP contribution in [-0.2, 0) is 13.0 Å². The van der Waals surface area contributed by atoms with E-state index >= 15 is 0 Å². The zero-order chi connectivity index (χ0) is 15.5. The van der Waals surface area contributed by atoms with Gasteiger partial charge < -0.3 is 5.32 Å². The van der Waals surface area contributed by atoms with Gasteiger partial charge in [0.15, 0.2) is 0 Å². The van der Waals surface area contributed by atoms with Gasteiger partial charge in [0.05, 0.1) is 12.2 Å². The maximum Gasteiger partial charge on any atom is 0.274 e. The quantitative estimate of drug-likeness (QED) is 0.757. The molecule has 0 spiro atoms. The summed E-state index contributed by atoms with van der Waals surface area (Å²) >= 11 is 0. The van der Waals surface area contributed by atoms with E-state index in [1.165, 1.54) is 10.1 Å². The van der Waals surface area contributed by atoms with Crippen LogP contribution >= 0.6 is 0 Å². The van der Waals surface area contributed by atoms with Crippen molar-refractivity contribution >= 4 is 11.5 Å². The Kier molecular flexibility index (Phi) is 3.91. The Morgan fingerprint density at radius 3 is 2.86 bits per heavy atom. The minimum Gasteiger partial charge on any atom is -0.378 e. The van der Waals surface area contributed by atoms with Crippen molar-refractivity contribution in [3.63, 3.8) is 0 Å². The maximum atomic E-state index is 12.0. The molecule has 0 fully saturated rings. The minimum absolute atomic E-state index is 0.122. The summed E-state index contributed by atoms with van der Waals surface area (Å²) in [6.45, 7) is 4.62. The maximum absolute atomic E-state index is 12.0. The molecule has 3 rings (SSSR count). The first kappa shape index (κ1) is 14.3. The molecule has 0 unspecified atom stereocenters. The molecule has 22 heavy (non-hydrogen) atoms. The van der Waals surface area contributed by atoms with Crippen LogP contribution in [0.15, 0.2) is 35.1 Å². The van der Waals surface area contributed by atoms with Crippen LogP contribution in [0.1, 0.15) is 30.4 Å². The normalized spacial score (nSPS) is 11.0. The van der Waals surface area contributed by atoms with E-state index in [1.54, 1.807) is 6.07 Å². The van der Waals surface area contributed by atoms with Crippen molar-refractivity contribution in [1.29, 1.82) is 0 Å². The van der Waals surface area contributed by atoms with Crippen LogP contribution in [0.2, 0.25) is 0 Å². The Balaban J connectivity index is 1.84. The van der Waals surface area contributed by atoms with Gasteiger partial charge in [-0.1, -0.05) is 31.5 Å². The summed E-state index contributed by atoms with van der Waals surface area (Å²) in [5.74, 6) is 1.11. The van der Waals surface area contributed by atoms with Gasteiger partial charge in [-0.2, -0.15) is 9.50 Å². The molecule has 0 saturated carbocycles. The van der Waals surface area contributed by atoms with E-state index in [9.17, 15) is 4.79 Å². The van der Waals surface area contributed by atoms with Crippen molar-refractivity contribution in [1.82, 2.24) is 19.6 Å². The summed E-state index contributed by atoms with van der Waals surface area (Å²) in [4.78, 5) is 20.9.